The molecule has 1 saturated heterocycles. The molecule has 0 saturated carbocycles. The summed E-state index contributed by atoms with van der Waals surface area (Å²) >= 11 is 0. The third-order valence-corrected chi connectivity index (χ3v) is 5.57. The zero-order chi connectivity index (χ0) is 24.8. The van der Waals surface area contributed by atoms with Gasteiger partial charge in [0.25, 0.3) is 0 Å². The molecule has 1 aliphatic heterocycles. The third-order valence-electron chi connectivity index (χ3n) is 5.57. The quantitative estimate of drug-likeness (QED) is 0.317. The number of aliphatic imine (C=N–C) groups is 1. The molecule has 10 heteroatoms. The van der Waals surface area contributed by atoms with E-state index < -0.39 is 11.9 Å². The van der Waals surface area contributed by atoms with Gasteiger partial charge in [-0.2, -0.15) is 0 Å². The molecule has 184 valence electrons. The van der Waals surface area contributed by atoms with Gasteiger partial charge < -0.3 is 25.7 Å². The molecular formula is C25H29FN6O3. The van der Waals surface area contributed by atoms with Crippen molar-refractivity contribution in [3.63, 3.8) is 0 Å². The summed E-state index contributed by atoms with van der Waals surface area (Å²) in [6, 6.07) is 10.9. The third kappa shape index (κ3) is 6.56. The van der Waals surface area contributed by atoms with Crippen LogP contribution >= 0.6 is 0 Å². The lowest BCUT2D eigenvalue weighted by atomic mass is 10.1. The van der Waals surface area contributed by atoms with Crippen molar-refractivity contribution in [1.82, 2.24) is 14.9 Å². The first-order valence-electron chi connectivity index (χ1n) is 11.4. The van der Waals surface area contributed by atoms with Crippen LogP contribution in [0.2, 0.25) is 0 Å². The van der Waals surface area contributed by atoms with Crippen LogP contribution in [0.4, 0.5) is 10.2 Å². The normalized spacial score (nSPS) is 15.8. The molecule has 0 spiro atoms. The summed E-state index contributed by atoms with van der Waals surface area (Å²) in [6.45, 7) is 6.18. The van der Waals surface area contributed by atoms with Crippen molar-refractivity contribution in [2.24, 2.45) is 10.7 Å². The number of nitrogens with one attached hydrogen (secondary N) is 1. The van der Waals surface area contributed by atoms with Crippen LogP contribution in [0, 0.1) is 11.2 Å². The van der Waals surface area contributed by atoms with E-state index in [0.29, 0.717) is 34.5 Å². The molecule has 1 unspecified atom stereocenters. The second-order valence-corrected chi connectivity index (χ2v) is 8.40. The number of nitrogens with zero attached hydrogens (tertiary/aromatic N) is 4. The largest absolute Gasteiger partial charge is 0.492 e. The maximum absolute atomic E-state index is 13.4. The Morgan fingerprint density at radius 2 is 1.97 bits per heavy atom. The molecule has 9 nitrogen and oxygen atoms in total. The van der Waals surface area contributed by atoms with Gasteiger partial charge >= 0.3 is 0 Å². The molecule has 0 radical (unpaired) electrons. The van der Waals surface area contributed by atoms with Crippen molar-refractivity contribution in [3.05, 3.63) is 59.7 Å². The number of hydrogen-bond donors (Lipinski definition) is 3. The molecular weight excluding hydrogens is 451 g/mol. The van der Waals surface area contributed by atoms with E-state index in [1.54, 1.807) is 19.1 Å². The number of aliphatic hydroxyl groups is 1. The van der Waals surface area contributed by atoms with Crippen LogP contribution < -0.4 is 10.5 Å². The van der Waals surface area contributed by atoms with Crippen LogP contribution in [-0.4, -0.2) is 71.0 Å². The molecule has 2 aromatic carbocycles. The van der Waals surface area contributed by atoms with E-state index in [0.717, 1.165) is 32.8 Å². The van der Waals surface area contributed by atoms with Crippen molar-refractivity contribution in [2.75, 3.05) is 39.5 Å². The van der Waals surface area contributed by atoms with Gasteiger partial charge in [-0.1, -0.05) is 12.1 Å². The highest BCUT2D eigenvalue weighted by Gasteiger charge is 2.18. The summed E-state index contributed by atoms with van der Waals surface area (Å²) in [5.74, 6) is 0.840. The van der Waals surface area contributed by atoms with Gasteiger partial charge in [-0.3, -0.25) is 4.90 Å². The zero-order valence-electron chi connectivity index (χ0n) is 19.6. The molecule has 0 amide bonds. The van der Waals surface area contributed by atoms with E-state index >= 15 is 0 Å². The maximum Gasteiger partial charge on any atom is 0.165 e. The SMILES string of the molecule is CC(=N)CC(N)=Nc1nc(C(O)c2ccc(F)cc2)nc2cc(OCCN3CCOCC3)ccc12. The lowest BCUT2D eigenvalue weighted by Gasteiger charge is -2.26. The Morgan fingerprint density at radius 1 is 1.23 bits per heavy atom. The minimum absolute atomic E-state index is 0.104. The number of morpholine rings is 1. The highest BCUT2D eigenvalue weighted by Crippen LogP contribution is 2.30. The smallest absolute Gasteiger partial charge is 0.165 e. The second-order valence-electron chi connectivity index (χ2n) is 8.40. The van der Waals surface area contributed by atoms with Gasteiger partial charge in [0, 0.05) is 43.2 Å². The average molecular weight is 481 g/mol. The molecule has 0 aliphatic carbocycles. The fourth-order valence-electron chi connectivity index (χ4n) is 3.77. The summed E-state index contributed by atoms with van der Waals surface area (Å²) in [4.78, 5) is 15.7. The molecule has 0 bridgehead atoms. The summed E-state index contributed by atoms with van der Waals surface area (Å²) in [6.07, 6.45) is -0.991. The van der Waals surface area contributed by atoms with E-state index in [9.17, 15) is 9.50 Å². The number of amidine groups is 1. The predicted molar refractivity (Wildman–Crippen MR) is 132 cm³/mol. The topological polar surface area (TPSA) is 130 Å². The van der Waals surface area contributed by atoms with Crippen molar-refractivity contribution in [2.45, 2.75) is 19.4 Å². The average Bonchev–Trinajstić information content (AvgIpc) is 2.84. The van der Waals surface area contributed by atoms with E-state index in [2.05, 4.69) is 19.9 Å². The first-order valence-corrected chi connectivity index (χ1v) is 11.4. The summed E-state index contributed by atoms with van der Waals surface area (Å²) in [5, 5.41) is 19.2. The molecule has 1 aromatic heterocycles. The van der Waals surface area contributed by atoms with Crippen LogP contribution in [0.5, 0.6) is 5.75 Å². The summed E-state index contributed by atoms with van der Waals surface area (Å²) in [7, 11) is 0. The van der Waals surface area contributed by atoms with Crippen LogP contribution in [-0.2, 0) is 4.74 Å². The molecule has 4 N–H and O–H groups in total. The molecule has 2 heterocycles. The molecule has 1 fully saturated rings. The maximum atomic E-state index is 13.4. The predicted octanol–water partition coefficient (Wildman–Crippen LogP) is 2.98. The molecule has 1 atom stereocenters. The lowest BCUT2D eigenvalue weighted by Crippen LogP contribution is -2.38. The van der Waals surface area contributed by atoms with Gasteiger partial charge in [-0.25, -0.2) is 19.4 Å². The highest BCUT2D eigenvalue weighted by atomic mass is 19.1. The minimum Gasteiger partial charge on any atom is -0.492 e. The fraction of sp³-hybridized carbons (Fsp3) is 0.360. The van der Waals surface area contributed by atoms with Gasteiger partial charge in [-0.05, 0) is 36.8 Å². The van der Waals surface area contributed by atoms with E-state index in [4.69, 9.17) is 20.6 Å². The Morgan fingerprint density at radius 3 is 2.69 bits per heavy atom. The van der Waals surface area contributed by atoms with Crippen LogP contribution in [0.1, 0.15) is 30.8 Å². The monoisotopic (exact) mass is 480 g/mol. The molecule has 3 aromatic rings. The minimum atomic E-state index is -1.19. The Hall–Kier alpha value is -3.47. The fourth-order valence-corrected chi connectivity index (χ4v) is 3.77. The highest BCUT2D eigenvalue weighted by molar-refractivity contribution is 6.02. The Labute approximate surface area is 202 Å². The number of aliphatic hydroxyl groups excluding tert-OH is 1. The van der Waals surface area contributed by atoms with Crippen LogP contribution in [0.15, 0.2) is 47.5 Å². The van der Waals surface area contributed by atoms with E-state index in [1.165, 1.54) is 24.3 Å². The van der Waals surface area contributed by atoms with Crippen molar-refractivity contribution >= 4 is 28.3 Å². The number of benzene rings is 2. The lowest BCUT2D eigenvalue weighted by molar-refractivity contribution is 0.0322. The van der Waals surface area contributed by atoms with E-state index in [-0.39, 0.29) is 23.9 Å². The Bertz CT molecular complexity index is 1210. The van der Waals surface area contributed by atoms with Crippen molar-refractivity contribution in [3.8, 4) is 5.75 Å². The summed E-state index contributed by atoms with van der Waals surface area (Å²) < 4.78 is 24.7. The van der Waals surface area contributed by atoms with Gasteiger partial charge in [0.2, 0.25) is 0 Å². The zero-order valence-corrected chi connectivity index (χ0v) is 19.6. The van der Waals surface area contributed by atoms with Gasteiger partial charge in [0.1, 0.15) is 30.1 Å². The second kappa shape index (κ2) is 11.3. The van der Waals surface area contributed by atoms with Crippen molar-refractivity contribution in [1.29, 1.82) is 5.41 Å². The number of fused-ring (bicyclic) bond motifs is 1. The van der Waals surface area contributed by atoms with Crippen LogP contribution in [0.25, 0.3) is 10.9 Å². The number of halogens is 1. The van der Waals surface area contributed by atoms with Gasteiger partial charge in [0.05, 0.1) is 18.7 Å². The number of ether oxygens (including phenoxy) is 2. The first kappa shape index (κ1) is 24.6. The van der Waals surface area contributed by atoms with Crippen LogP contribution in [0.3, 0.4) is 0 Å². The number of rotatable bonds is 9. The standard InChI is InChI=1S/C25H29FN6O3/c1-16(27)14-22(28)30-24-20-7-6-19(35-13-10-32-8-11-34-12-9-32)15-21(20)29-25(31-24)23(33)17-2-4-18(26)5-3-17/h2-7,15,23,27,33H,8-14H2,1H3,(H2,28,29,30,31). The number of nitrogens with two attached hydrogens (primary N) is 1. The van der Waals surface area contributed by atoms with Gasteiger partial charge in [-0.15, -0.1) is 0 Å². The van der Waals surface area contributed by atoms with Crippen molar-refractivity contribution < 1.29 is 19.0 Å². The van der Waals surface area contributed by atoms with Gasteiger partial charge in [0.15, 0.2) is 11.6 Å². The Kier molecular flexibility index (Phi) is 7.96. The summed E-state index contributed by atoms with van der Waals surface area (Å²) in [5.41, 5.74) is 7.36. The number of hydrogen-bond acceptors (Lipinski definition) is 8. The first-order chi connectivity index (χ1) is 16.9. The molecule has 4 rings (SSSR count). The molecule has 1 aliphatic rings. The number of aromatic nitrogens is 2. The molecule has 35 heavy (non-hydrogen) atoms. The Balaban J connectivity index is 1.64. The van der Waals surface area contributed by atoms with E-state index in [1.807, 2.05) is 6.07 Å².